The van der Waals surface area contributed by atoms with E-state index in [1.54, 1.807) is 0 Å². The molecule has 2 heteroatoms. The Balaban J connectivity index is 2.55. The van der Waals surface area contributed by atoms with Gasteiger partial charge in [0.25, 0.3) is 0 Å². The van der Waals surface area contributed by atoms with Crippen molar-refractivity contribution < 1.29 is 0 Å². The number of piperidine rings is 1. The third kappa shape index (κ3) is 3.46. The van der Waals surface area contributed by atoms with Crippen LogP contribution in [0.2, 0.25) is 0 Å². The van der Waals surface area contributed by atoms with Crippen molar-refractivity contribution in [2.45, 2.75) is 72.0 Å². The first-order chi connectivity index (χ1) is 6.82. The largest absolute Gasteiger partial charge is 0.326 e. The minimum Gasteiger partial charge on any atom is -0.326 e. The summed E-state index contributed by atoms with van der Waals surface area (Å²) in [7, 11) is 0. The maximum atomic E-state index is 6.26. The van der Waals surface area contributed by atoms with Gasteiger partial charge in [0.1, 0.15) is 0 Å². The highest BCUT2D eigenvalue weighted by Gasteiger charge is 2.29. The molecule has 1 unspecified atom stereocenters. The molecule has 1 saturated heterocycles. The molecule has 0 aliphatic carbocycles. The molecule has 0 saturated carbocycles. The summed E-state index contributed by atoms with van der Waals surface area (Å²) >= 11 is 0. The molecular formula is C13H28N2. The summed E-state index contributed by atoms with van der Waals surface area (Å²) in [5, 5.41) is 0. The molecule has 1 fully saturated rings. The van der Waals surface area contributed by atoms with Crippen LogP contribution in [0.25, 0.3) is 0 Å². The highest BCUT2D eigenvalue weighted by Crippen LogP contribution is 2.25. The fourth-order valence-corrected chi connectivity index (χ4v) is 2.34. The Morgan fingerprint density at radius 1 is 1.20 bits per heavy atom. The number of hydrogen-bond donors (Lipinski definition) is 1. The molecule has 15 heavy (non-hydrogen) atoms. The number of likely N-dealkylation sites (tertiary alicyclic amines) is 1. The topological polar surface area (TPSA) is 29.3 Å². The second kappa shape index (κ2) is 4.84. The van der Waals surface area contributed by atoms with Gasteiger partial charge in [-0.15, -0.1) is 0 Å². The van der Waals surface area contributed by atoms with Gasteiger partial charge in [0.15, 0.2) is 0 Å². The molecule has 3 atom stereocenters. The van der Waals surface area contributed by atoms with Gasteiger partial charge in [-0.25, -0.2) is 0 Å². The van der Waals surface area contributed by atoms with Gasteiger partial charge in [-0.3, -0.25) is 4.90 Å². The summed E-state index contributed by atoms with van der Waals surface area (Å²) in [5.74, 6) is 0. The van der Waals surface area contributed by atoms with Crippen LogP contribution in [0.3, 0.4) is 0 Å². The molecule has 1 heterocycles. The lowest BCUT2D eigenvalue weighted by Gasteiger charge is -2.42. The van der Waals surface area contributed by atoms with Crippen LogP contribution in [0.4, 0.5) is 0 Å². The van der Waals surface area contributed by atoms with Crippen molar-refractivity contribution in [1.29, 1.82) is 0 Å². The lowest BCUT2D eigenvalue weighted by Crippen LogP contribution is -2.52. The molecule has 0 aromatic rings. The number of hydrogen-bond acceptors (Lipinski definition) is 2. The molecule has 0 aromatic carbocycles. The second-order valence-electron chi connectivity index (χ2n) is 6.30. The molecular weight excluding hydrogens is 184 g/mol. The van der Waals surface area contributed by atoms with E-state index < -0.39 is 0 Å². The number of nitrogens with two attached hydrogens (primary N) is 1. The Bertz CT molecular complexity index is 185. The van der Waals surface area contributed by atoms with E-state index in [-0.39, 0.29) is 11.5 Å². The van der Waals surface area contributed by atoms with Gasteiger partial charge in [0.2, 0.25) is 0 Å². The predicted octanol–water partition coefficient (Wildman–Crippen LogP) is 2.62. The first kappa shape index (κ1) is 13.0. The minimum absolute atomic E-state index is 0.219. The molecule has 2 N–H and O–H groups in total. The van der Waals surface area contributed by atoms with Crippen LogP contribution in [-0.2, 0) is 0 Å². The summed E-state index contributed by atoms with van der Waals surface area (Å²) in [6.45, 7) is 12.4. The van der Waals surface area contributed by atoms with E-state index in [1.807, 2.05) is 0 Å². The maximum Gasteiger partial charge on any atom is 0.0217 e. The van der Waals surface area contributed by atoms with Crippen LogP contribution >= 0.6 is 0 Å². The van der Waals surface area contributed by atoms with E-state index in [1.165, 1.54) is 19.3 Å². The lowest BCUT2D eigenvalue weighted by molar-refractivity contribution is 0.0789. The standard InChI is InChI=1S/C13H28N2/c1-10-7-6-8-11(2)15(10)9-12(14)13(3,4)5/h10-12H,6-9,14H2,1-5H3/t10-,11+,12?. The van der Waals surface area contributed by atoms with Crippen molar-refractivity contribution in [2.24, 2.45) is 11.1 Å². The van der Waals surface area contributed by atoms with Crippen molar-refractivity contribution in [3.05, 3.63) is 0 Å². The van der Waals surface area contributed by atoms with Gasteiger partial charge in [-0.05, 0) is 32.1 Å². The van der Waals surface area contributed by atoms with Crippen LogP contribution in [0, 0.1) is 5.41 Å². The lowest BCUT2D eigenvalue weighted by atomic mass is 9.85. The quantitative estimate of drug-likeness (QED) is 0.762. The van der Waals surface area contributed by atoms with Gasteiger partial charge >= 0.3 is 0 Å². The number of nitrogens with zero attached hydrogens (tertiary/aromatic N) is 1. The van der Waals surface area contributed by atoms with E-state index >= 15 is 0 Å². The Morgan fingerprint density at radius 2 is 1.67 bits per heavy atom. The van der Waals surface area contributed by atoms with Crippen molar-refractivity contribution in [3.63, 3.8) is 0 Å². The van der Waals surface area contributed by atoms with E-state index in [2.05, 4.69) is 39.5 Å². The van der Waals surface area contributed by atoms with Gasteiger partial charge in [-0.2, -0.15) is 0 Å². The van der Waals surface area contributed by atoms with Crippen LogP contribution in [0.1, 0.15) is 53.9 Å². The van der Waals surface area contributed by atoms with E-state index in [4.69, 9.17) is 5.73 Å². The normalized spacial score (nSPS) is 31.6. The van der Waals surface area contributed by atoms with Gasteiger partial charge in [0, 0.05) is 24.7 Å². The zero-order valence-electron chi connectivity index (χ0n) is 11.1. The molecule has 1 rings (SSSR count). The van der Waals surface area contributed by atoms with Crippen LogP contribution in [0.5, 0.6) is 0 Å². The van der Waals surface area contributed by atoms with E-state index in [0.29, 0.717) is 12.1 Å². The van der Waals surface area contributed by atoms with Gasteiger partial charge < -0.3 is 5.73 Å². The Labute approximate surface area is 95.2 Å². The van der Waals surface area contributed by atoms with Crippen molar-refractivity contribution in [3.8, 4) is 0 Å². The molecule has 1 aliphatic rings. The molecule has 0 radical (unpaired) electrons. The van der Waals surface area contributed by atoms with Gasteiger partial charge in [-0.1, -0.05) is 27.2 Å². The zero-order valence-corrected chi connectivity index (χ0v) is 11.1. The predicted molar refractivity (Wildman–Crippen MR) is 66.9 cm³/mol. The average Bonchev–Trinajstić information content (AvgIpc) is 2.09. The first-order valence-electron chi connectivity index (χ1n) is 6.33. The smallest absolute Gasteiger partial charge is 0.0217 e. The fraction of sp³-hybridized carbons (Fsp3) is 1.00. The number of rotatable bonds is 2. The fourth-order valence-electron chi connectivity index (χ4n) is 2.34. The minimum atomic E-state index is 0.219. The molecule has 0 spiro atoms. The van der Waals surface area contributed by atoms with Gasteiger partial charge in [0.05, 0.1) is 0 Å². The van der Waals surface area contributed by atoms with Crippen LogP contribution in [-0.4, -0.2) is 29.6 Å². The summed E-state index contributed by atoms with van der Waals surface area (Å²) < 4.78 is 0. The average molecular weight is 212 g/mol. The van der Waals surface area contributed by atoms with Crippen LogP contribution < -0.4 is 5.73 Å². The second-order valence-corrected chi connectivity index (χ2v) is 6.30. The maximum absolute atomic E-state index is 6.26. The summed E-state index contributed by atoms with van der Waals surface area (Å²) in [6, 6.07) is 1.70. The third-order valence-corrected chi connectivity index (χ3v) is 3.90. The molecule has 2 nitrogen and oxygen atoms in total. The third-order valence-electron chi connectivity index (χ3n) is 3.90. The molecule has 0 aromatic heterocycles. The molecule has 0 bridgehead atoms. The first-order valence-corrected chi connectivity index (χ1v) is 6.33. The van der Waals surface area contributed by atoms with Crippen molar-refractivity contribution >= 4 is 0 Å². The zero-order chi connectivity index (χ0) is 11.6. The summed E-state index contributed by atoms with van der Waals surface area (Å²) in [6.07, 6.45) is 4.05. The Hall–Kier alpha value is -0.0800. The van der Waals surface area contributed by atoms with E-state index in [0.717, 1.165) is 6.54 Å². The molecule has 90 valence electrons. The molecule has 0 amide bonds. The Morgan fingerprint density at radius 3 is 2.07 bits per heavy atom. The summed E-state index contributed by atoms with van der Waals surface area (Å²) in [4.78, 5) is 2.60. The SMILES string of the molecule is C[C@@H]1CCC[C@H](C)N1CC(N)C(C)(C)C. The van der Waals surface area contributed by atoms with Crippen molar-refractivity contribution in [2.75, 3.05) is 6.54 Å². The monoisotopic (exact) mass is 212 g/mol. The highest BCUT2D eigenvalue weighted by molar-refractivity contribution is 4.86. The highest BCUT2D eigenvalue weighted by atomic mass is 15.2. The molecule has 1 aliphatic heterocycles. The summed E-state index contributed by atoms with van der Waals surface area (Å²) in [5.41, 5.74) is 6.48. The Kier molecular flexibility index (Phi) is 4.19. The van der Waals surface area contributed by atoms with Crippen LogP contribution in [0.15, 0.2) is 0 Å². The van der Waals surface area contributed by atoms with E-state index in [9.17, 15) is 0 Å². The van der Waals surface area contributed by atoms with Crippen molar-refractivity contribution in [1.82, 2.24) is 4.90 Å².